The highest BCUT2D eigenvalue weighted by Gasteiger charge is 1.99. The zero-order valence-electron chi connectivity index (χ0n) is 7.99. The first kappa shape index (κ1) is 9.69. The van der Waals surface area contributed by atoms with Crippen LogP contribution in [0.1, 0.15) is 11.4 Å². The molecule has 0 aliphatic rings. The Labute approximate surface area is 78.6 Å². The van der Waals surface area contributed by atoms with Crippen molar-refractivity contribution in [2.24, 2.45) is 0 Å². The first-order valence-electron chi connectivity index (χ1n) is 4.20. The van der Waals surface area contributed by atoms with E-state index in [1.165, 1.54) is 0 Å². The summed E-state index contributed by atoms with van der Waals surface area (Å²) in [7, 11) is 1.91. The van der Waals surface area contributed by atoms with E-state index in [0.29, 0.717) is 6.54 Å². The summed E-state index contributed by atoms with van der Waals surface area (Å²) in [6, 6.07) is 8.02. The van der Waals surface area contributed by atoms with Crippen LogP contribution in [-0.4, -0.2) is 23.5 Å². The average molecular weight is 175 g/mol. The lowest BCUT2D eigenvalue weighted by atomic mass is 10.3. The first-order valence-corrected chi connectivity index (χ1v) is 4.20. The maximum atomic E-state index is 8.46. The molecule has 68 valence electrons. The van der Waals surface area contributed by atoms with Gasteiger partial charge in [0.1, 0.15) is 0 Å². The number of rotatable bonds is 3. The second kappa shape index (κ2) is 4.58. The Morgan fingerprint density at radius 3 is 2.92 bits per heavy atom. The van der Waals surface area contributed by atoms with E-state index in [1.54, 1.807) is 0 Å². The Morgan fingerprint density at radius 2 is 2.31 bits per heavy atom. The Hall–Kier alpha value is -1.40. The molecule has 0 aliphatic heterocycles. The lowest BCUT2D eigenvalue weighted by Crippen LogP contribution is -2.18. The van der Waals surface area contributed by atoms with E-state index < -0.39 is 0 Å². The summed E-state index contributed by atoms with van der Waals surface area (Å²) in [5.74, 6) is 0. The molecule has 3 nitrogen and oxygen atoms in total. The van der Waals surface area contributed by atoms with Gasteiger partial charge in [-0.25, -0.2) is 0 Å². The second-order valence-electron chi connectivity index (χ2n) is 3.10. The van der Waals surface area contributed by atoms with Crippen LogP contribution in [0.25, 0.3) is 0 Å². The minimum Gasteiger partial charge on any atom is -0.288 e. The van der Waals surface area contributed by atoms with Crippen molar-refractivity contribution in [3.05, 3.63) is 29.6 Å². The van der Waals surface area contributed by atoms with Crippen molar-refractivity contribution < 1.29 is 0 Å². The number of aryl methyl sites for hydroxylation is 1. The van der Waals surface area contributed by atoms with Crippen molar-refractivity contribution in [3.8, 4) is 6.07 Å². The highest BCUT2D eigenvalue weighted by atomic mass is 15.1. The zero-order chi connectivity index (χ0) is 9.68. The molecule has 1 aromatic rings. The molecule has 0 unspecified atom stereocenters. The molecule has 1 heterocycles. The first-order chi connectivity index (χ1) is 6.22. The standard InChI is InChI=1S/C10H13N3/c1-9-4-3-5-10(12-9)8-13(2)7-6-11/h3-5H,7-8H2,1-2H3. The molecule has 3 heteroatoms. The summed E-state index contributed by atoms with van der Waals surface area (Å²) < 4.78 is 0. The van der Waals surface area contributed by atoms with Crippen molar-refractivity contribution in [3.63, 3.8) is 0 Å². The van der Waals surface area contributed by atoms with Crippen LogP contribution in [0.3, 0.4) is 0 Å². The minimum atomic E-state index is 0.440. The molecule has 0 fully saturated rings. The summed E-state index contributed by atoms with van der Waals surface area (Å²) in [5, 5.41) is 8.46. The normalized spacial score (nSPS) is 10.0. The van der Waals surface area contributed by atoms with Crippen molar-refractivity contribution in [2.45, 2.75) is 13.5 Å². The summed E-state index contributed by atoms with van der Waals surface area (Å²) in [6.07, 6.45) is 0. The van der Waals surface area contributed by atoms with E-state index in [1.807, 2.05) is 37.1 Å². The van der Waals surface area contributed by atoms with Crippen molar-refractivity contribution in [1.29, 1.82) is 5.26 Å². The Morgan fingerprint density at radius 1 is 1.54 bits per heavy atom. The van der Waals surface area contributed by atoms with Gasteiger partial charge in [-0.1, -0.05) is 6.07 Å². The predicted octanol–water partition coefficient (Wildman–Crippen LogP) is 1.35. The molecule has 1 rings (SSSR count). The van der Waals surface area contributed by atoms with Gasteiger partial charge >= 0.3 is 0 Å². The molecule has 0 radical (unpaired) electrons. The molecule has 0 amide bonds. The number of hydrogen-bond donors (Lipinski definition) is 0. The molecular formula is C10H13N3. The Kier molecular flexibility index (Phi) is 3.41. The van der Waals surface area contributed by atoms with E-state index in [4.69, 9.17) is 5.26 Å². The molecule has 1 aromatic heterocycles. The van der Waals surface area contributed by atoms with Gasteiger partial charge in [0.2, 0.25) is 0 Å². The third-order valence-corrected chi connectivity index (χ3v) is 1.72. The van der Waals surface area contributed by atoms with E-state index in [9.17, 15) is 0 Å². The van der Waals surface area contributed by atoms with Crippen LogP contribution in [0.4, 0.5) is 0 Å². The van der Waals surface area contributed by atoms with Gasteiger partial charge in [0.15, 0.2) is 0 Å². The van der Waals surface area contributed by atoms with Gasteiger partial charge in [-0.05, 0) is 26.1 Å². The van der Waals surface area contributed by atoms with E-state index in [2.05, 4.69) is 11.1 Å². The molecule has 0 aromatic carbocycles. The molecule has 0 bridgehead atoms. The maximum Gasteiger partial charge on any atom is 0.0866 e. The SMILES string of the molecule is Cc1cccc(CN(C)CC#N)n1. The third-order valence-electron chi connectivity index (χ3n) is 1.72. The smallest absolute Gasteiger partial charge is 0.0866 e. The highest BCUT2D eigenvalue weighted by Crippen LogP contribution is 2.00. The number of aromatic nitrogens is 1. The molecule has 0 spiro atoms. The molecule has 0 saturated heterocycles. The van der Waals surface area contributed by atoms with Crippen molar-refractivity contribution in [1.82, 2.24) is 9.88 Å². The van der Waals surface area contributed by atoms with Crippen LogP contribution in [0.15, 0.2) is 18.2 Å². The monoisotopic (exact) mass is 175 g/mol. The van der Waals surface area contributed by atoms with Crippen molar-refractivity contribution >= 4 is 0 Å². The van der Waals surface area contributed by atoms with Crippen LogP contribution in [-0.2, 0) is 6.54 Å². The van der Waals surface area contributed by atoms with Crippen LogP contribution < -0.4 is 0 Å². The number of nitriles is 1. The zero-order valence-corrected chi connectivity index (χ0v) is 7.99. The van der Waals surface area contributed by atoms with Gasteiger partial charge in [0, 0.05) is 12.2 Å². The highest BCUT2D eigenvalue weighted by molar-refractivity contribution is 5.09. The molecular weight excluding hydrogens is 162 g/mol. The summed E-state index contributed by atoms with van der Waals surface area (Å²) in [4.78, 5) is 6.28. The summed E-state index contributed by atoms with van der Waals surface area (Å²) in [5.41, 5.74) is 2.03. The summed E-state index contributed by atoms with van der Waals surface area (Å²) in [6.45, 7) is 3.14. The van der Waals surface area contributed by atoms with Gasteiger partial charge in [-0.15, -0.1) is 0 Å². The largest absolute Gasteiger partial charge is 0.288 e. The number of hydrogen-bond acceptors (Lipinski definition) is 3. The molecule has 0 N–H and O–H groups in total. The fraction of sp³-hybridized carbons (Fsp3) is 0.400. The van der Waals surface area contributed by atoms with Gasteiger partial charge < -0.3 is 0 Å². The molecule has 0 saturated carbocycles. The van der Waals surface area contributed by atoms with Gasteiger partial charge in [0.05, 0.1) is 18.3 Å². The minimum absolute atomic E-state index is 0.440. The van der Waals surface area contributed by atoms with Crippen LogP contribution >= 0.6 is 0 Å². The van der Waals surface area contributed by atoms with Gasteiger partial charge in [-0.3, -0.25) is 9.88 Å². The van der Waals surface area contributed by atoms with E-state index >= 15 is 0 Å². The fourth-order valence-electron chi connectivity index (χ4n) is 1.14. The molecule has 13 heavy (non-hydrogen) atoms. The van der Waals surface area contributed by atoms with Crippen LogP contribution in [0.2, 0.25) is 0 Å². The lowest BCUT2D eigenvalue weighted by molar-refractivity contribution is 0.362. The number of pyridine rings is 1. The average Bonchev–Trinajstić information content (AvgIpc) is 2.04. The van der Waals surface area contributed by atoms with E-state index in [-0.39, 0.29) is 0 Å². The van der Waals surface area contributed by atoms with E-state index in [0.717, 1.165) is 17.9 Å². The molecule has 0 aliphatic carbocycles. The van der Waals surface area contributed by atoms with Gasteiger partial charge in [-0.2, -0.15) is 5.26 Å². The predicted molar refractivity (Wildman–Crippen MR) is 50.9 cm³/mol. The second-order valence-corrected chi connectivity index (χ2v) is 3.10. The third kappa shape index (κ3) is 3.22. The quantitative estimate of drug-likeness (QED) is 0.651. The lowest BCUT2D eigenvalue weighted by Gasteiger charge is -2.11. The Bertz CT molecular complexity index is 314. The topological polar surface area (TPSA) is 39.9 Å². The van der Waals surface area contributed by atoms with Crippen LogP contribution in [0, 0.1) is 18.3 Å². The fourth-order valence-corrected chi connectivity index (χ4v) is 1.14. The molecule has 0 atom stereocenters. The number of nitrogens with zero attached hydrogens (tertiary/aromatic N) is 3. The van der Waals surface area contributed by atoms with Gasteiger partial charge in [0.25, 0.3) is 0 Å². The Balaban J connectivity index is 2.59. The summed E-state index contributed by atoms with van der Waals surface area (Å²) >= 11 is 0. The van der Waals surface area contributed by atoms with Crippen LogP contribution in [0.5, 0.6) is 0 Å². The maximum absolute atomic E-state index is 8.46. The van der Waals surface area contributed by atoms with Crippen molar-refractivity contribution in [2.75, 3.05) is 13.6 Å².